The monoisotopic (exact) mass is 551 g/mol. The van der Waals surface area contributed by atoms with Crippen molar-refractivity contribution in [1.29, 1.82) is 0 Å². The van der Waals surface area contributed by atoms with Gasteiger partial charge in [0.15, 0.2) is 6.10 Å². The fourth-order valence-corrected chi connectivity index (χ4v) is 6.47. The fraction of sp³-hybridized carbons (Fsp3) is 0.586. The van der Waals surface area contributed by atoms with Crippen LogP contribution in [-0.2, 0) is 26.3 Å². The third kappa shape index (κ3) is 6.84. The van der Waals surface area contributed by atoms with Gasteiger partial charge in [0, 0.05) is 31.1 Å². The standard InChI is InChI=1S/C27H36NO4.C2HF3O2/c29-26(27(30,23-11-4-5-12-23)25-13-7-19-31-25)32-24-20-28(17-14-22(24)15-18-28)16-6-10-21-8-2-1-3-9-21;3-2(4,5)1(6)7/h1-3,7-9,13,19,22-24,30H,4-6,10-12,14-18,20H2;(H,6,7)/q+1;/p-1/t22?,24-,27-,28?;/m0./s1. The van der Waals surface area contributed by atoms with Crippen LogP contribution in [0.5, 0.6) is 0 Å². The van der Waals surface area contributed by atoms with Crippen LogP contribution in [0.25, 0.3) is 0 Å². The van der Waals surface area contributed by atoms with Crippen LogP contribution >= 0.6 is 0 Å². The number of carboxylic acids is 1. The van der Waals surface area contributed by atoms with Crippen molar-refractivity contribution < 1.29 is 46.6 Å². The molecule has 2 bridgehead atoms. The van der Waals surface area contributed by atoms with Crippen LogP contribution in [0.1, 0.15) is 56.3 Å². The number of quaternary nitrogens is 1. The molecule has 214 valence electrons. The number of benzene rings is 1. The average molecular weight is 552 g/mol. The highest BCUT2D eigenvalue weighted by molar-refractivity contribution is 5.81. The Bertz CT molecular complexity index is 1080. The second kappa shape index (κ2) is 12.1. The van der Waals surface area contributed by atoms with Gasteiger partial charge in [-0.3, -0.25) is 0 Å². The Morgan fingerprint density at radius 1 is 1.03 bits per heavy atom. The summed E-state index contributed by atoms with van der Waals surface area (Å²) in [6, 6.07) is 14.1. The van der Waals surface area contributed by atoms with Crippen molar-refractivity contribution in [2.24, 2.45) is 11.8 Å². The van der Waals surface area contributed by atoms with Crippen LogP contribution in [0.4, 0.5) is 13.2 Å². The summed E-state index contributed by atoms with van der Waals surface area (Å²) in [6.07, 6.45) is 4.41. The number of carboxylic acid groups (broad SMARTS) is 1. The Morgan fingerprint density at radius 2 is 1.67 bits per heavy atom. The topological polar surface area (TPSA) is 99.8 Å². The van der Waals surface area contributed by atoms with Gasteiger partial charge in [0.05, 0.1) is 25.9 Å². The molecule has 4 heterocycles. The number of aliphatic carboxylic acids is 1. The molecule has 1 aromatic carbocycles. The van der Waals surface area contributed by atoms with E-state index in [2.05, 4.69) is 30.3 Å². The number of hydrogen-bond acceptors (Lipinski definition) is 6. The van der Waals surface area contributed by atoms with Crippen molar-refractivity contribution in [3.8, 4) is 0 Å². The number of aliphatic hydroxyl groups is 1. The maximum Gasteiger partial charge on any atom is 0.430 e. The van der Waals surface area contributed by atoms with E-state index >= 15 is 0 Å². The lowest BCUT2D eigenvalue weighted by Crippen LogP contribution is -2.65. The minimum absolute atomic E-state index is 0.107. The van der Waals surface area contributed by atoms with Gasteiger partial charge in [0.25, 0.3) is 0 Å². The SMILES string of the molecule is O=C(O[C@H]1C[N+]2(CCCc3ccccc3)CCC1CC2)[C@@](O)(c1ccco1)C1CCCC1.O=C([O-])C(F)(F)F. The van der Waals surface area contributed by atoms with Crippen molar-refractivity contribution in [1.82, 2.24) is 0 Å². The van der Waals surface area contributed by atoms with E-state index in [4.69, 9.17) is 19.1 Å². The molecule has 0 spiro atoms. The van der Waals surface area contributed by atoms with Gasteiger partial charge in [0.1, 0.15) is 18.3 Å². The number of carbonyl (C=O) groups is 2. The molecule has 2 aromatic rings. The normalized spacial score (nSPS) is 26.4. The van der Waals surface area contributed by atoms with Crippen molar-refractivity contribution >= 4 is 11.9 Å². The second-order valence-corrected chi connectivity index (χ2v) is 11.1. The summed E-state index contributed by atoms with van der Waals surface area (Å²) in [5, 5.41) is 20.4. The van der Waals surface area contributed by atoms with Crippen molar-refractivity contribution in [2.45, 2.75) is 69.2 Å². The first kappa shape index (κ1) is 29.1. The maximum atomic E-state index is 13.5. The number of furan rings is 1. The van der Waals surface area contributed by atoms with E-state index in [0.29, 0.717) is 11.7 Å². The van der Waals surface area contributed by atoms with Gasteiger partial charge in [0.2, 0.25) is 5.60 Å². The van der Waals surface area contributed by atoms with Crippen LogP contribution in [-0.4, -0.2) is 60.0 Å². The van der Waals surface area contributed by atoms with E-state index in [0.717, 1.165) is 68.9 Å². The van der Waals surface area contributed by atoms with E-state index < -0.39 is 23.7 Å². The fourth-order valence-electron chi connectivity index (χ4n) is 6.47. The molecule has 10 heteroatoms. The molecule has 0 amide bonds. The first-order valence-corrected chi connectivity index (χ1v) is 13.7. The van der Waals surface area contributed by atoms with E-state index in [1.807, 2.05) is 0 Å². The second-order valence-electron chi connectivity index (χ2n) is 11.1. The molecule has 3 saturated heterocycles. The Hall–Kier alpha value is -2.85. The van der Waals surface area contributed by atoms with E-state index in [-0.39, 0.29) is 12.0 Å². The zero-order valence-electron chi connectivity index (χ0n) is 21.9. The third-order valence-corrected chi connectivity index (χ3v) is 8.63. The van der Waals surface area contributed by atoms with Crippen molar-refractivity contribution in [3.63, 3.8) is 0 Å². The minimum atomic E-state index is -5.19. The average Bonchev–Trinajstić information content (AvgIpc) is 3.65. The number of alkyl halides is 3. The number of fused-ring (bicyclic) bond motifs is 3. The number of carbonyl (C=O) groups excluding carboxylic acids is 2. The summed E-state index contributed by atoms with van der Waals surface area (Å²) in [4.78, 5) is 22.2. The van der Waals surface area contributed by atoms with Gasteiger partial charge in [-0.05, 0) is 37.0 Å². The Kier molecular flexibility index (Phi) is 9.06. The predicted molar refractivity (Wildman–Crippen MR) is 133 cm³/mol. The number of halogens is 3. The summed E-state index contributed by atoms with van der Waals surface area (Å²) in [6.45, 7) is 4.36. The number of aryl methyl sites for hydroxylation is 1. The highest BCUT2D eigenvalue weighted by atomic mass is 19.4. The van der Waals surface area contributed by atoms with Crippen LogP contribution in [0, 0.1) is 11.8 Å². The molecule has 4 aliphatic rings. The van der Waals surface area contributed by atoms with Gasteiger partial charge < -0.3 is 28.6 Å². The molecule has 6 rings (SSSR count). The first-order chi connectivity index (χ1) is 18.5. The van der Waals surface area contributed by atoms with Crippen LogP contribution in [0.2, 0.25) is 0 Å². The molecular weight excluding hydrogens is 515 g/mol. The van der Waals surface area contributed by atoms with E-state index in [9.17, 15) is 23.1 Å². The Balaban J connectivity index is 0.000000448. The smallest absolute Gasteiger partial charge is 0.430 e. The molecule has 7 nitrogen and oxygen atoms in total. The Labute approximate surface area is 226 Å². The first-order valence-electron chi connectivity index (χ1n) is 13.7. The van der Waals surface area contributed by atoms with Crippen LogP contribution in [0.15, 0.2) is 53.1 Å². The molecule has 0 unspecified atom stereocenters. The largest absolute Gasteiger partial charge is 0.542 e. The van der Waals surface area contributed by atoms with Gasteiger partial charge in [-0.15, -0.1) is 0 Å². The van der Waals surface area contributed by atoms with Crippen LogP contribution in [0.3, 0.4) is 0 Å². The number of ether oxygens (including phenoxy) is 1. The molecule has 39 heavy (non-hydrogen) atoms. The molecule has 4 fully saturated rings. The molecule has 1 N–H and O–H groups in total. The zero-order valence-corrected chi connectivity index (χ0v) is 21.9. The lowest BCUT2D eigenvalue weighted by molar-refractivity contribution is -0.946. The number of rotatable bonds is 8. The summed E-state index contributed by atoms with van der Waals surface area (Å²) in [7, 11) is 0. The van der Waals surface area contributed by atoms with Crippen LogP contribution < -0.4 is 5.11 Å². The summed E-state index contributed by atoms with van der Waals surface area (Å²) < 4.78 is 44.3. The zero-order chi connectivity index (χ0) is 28.1. The molecule has 2 atom stereocenters. The lowest BCUT2D eigenvalue weighted by Gasteiger charge is -2.52. The van der Waals surface area contributed by atoms with E-state index in [1.165, 1.54) is 24.9 Å². The molecule has 1 saturated carbocycles. The van der Waals surface area contributed by atoms with Gasteiger partial charge in [-0.1, -0.05) is 43.2 Å². The summed E-state index contributed by atoms with van der Waals surface area (Å²) >= 11 is 0. The molecule has 1 aliphatic carbocycles. The number of esters is 1. The molecule has 0 radical (unpaired) electrons. The summed E-state index contributed by atoms with van der Waals surface area (Å²) in [5.41, 5.74) is -0.273. The van der Waals surface area contributed by atoms with Gasteiger partial charge >= 0.3 is 12.1 Å². The molecule has 3 aliphatic heterocycles. The van der Waals surface area contributed by atoms with Crippen molar-refractivity contribution in [2.75, 3.05) is 26.2 Å². The quantitative estimate of drug-likeness (QED) is 0.397. The lowest BCUT2D eigenvalue weighted by atomic mass is 9.81. The van der Waals surface area contributed by atoms with Gasteiger partial charge in [-0.2, -0.15) is 13.2 Å². The predicted octanol–water partition coefficient (Wildman–Crippen LogP) is 3.74. The number of nitrogens with zero attached hydrogens (tertiary/aromatic N) is 1. The van der Waals surface area contributed by atoms with E-state index in [1.54, 1.807) is 12.1 Å². The summed E-state index contributed by atoms with van der Waals surface area (Å²) in [5.74, 6) is -2.88. The number of hydrogen-bond donors (Lipinski definition) is 1. The maximum absolute atomic E-state index is 13.5. The number of piperidine rings is 3. The highest BCUT2D eigenvalue weighted by Gasteiger charge is 2.53. The molecular formula is C29H36F3NO6. The van der Waals surface area contributed by atoms with Crippen molar-refractivity contribution in [3.05, 3.63) is 60.1 Å². The van der Waals surface area contributed by atoms with Gasteiger partial charge in [-0.25, -0.2) is 4.79 Å². The Morgan fingerprint density at radius 3 is 2.23 bits per heavy atom. The molecule has 1 aromatic heterocycles. The highest BCUT2D eigenvalue weighted by Crippen LogP contribution is 2.43. The third-order valence-electron chi connectivity index (χ3n) is 8.63. The minimum Gasteiger partial charge on any atom is -0.542 e.